The van der Waals surface area contributed by atoms with Crippen LogP contribution in [0.1, 0.15) is 13.8 Å². The zero-order valence-electron chi connectivity index (χ0n) is 9.82. The molecule has 6 heteroatoms. The van der Waals surface area contributed by atoms with E-state index in [-0.39, 0.29) is 19.2 Å². The predicted molar refractivity (Wildman–Crippen MR) is 57.2 cm³/mol. The van der Waals surface area contributed by atoms with E-state index in [0.29, 0.717) is 6.54 Å². The van der Waals surface area contributed by atoms with Gasteiger partial charge in [0.1, 0.15) is 5.41 Å². The zero-order valence-corrected chi connectivity index (χ0v) is 9.82. The number of carboxylic acid groups (broad SMARTS) is 1. The Morgan fingerprint density at radius 2 is 2.25 bits per heavy atom. The first-order valence-electron chi connectivity index (χ1n) is 5.24. The molecular weight excluding hydrogens is 212 g/mol. The van der Waals surface area contributed by atoms with E-state index in [9.17, 15) is 9.59 Å². The van der Waals surface area contributed by atoms with Crippen LogP contribution in [0.25, 0.3) is 0 Å². The number of rotatable bonds is 3. The molecule has 1 aliphatic rings. The molecule has 6 nitrogen and oxygen atoms in total. The number of hydrogen-bond acceptors (Lipinski definition) is 3. The van der Waals surface area contributed by atoms with Crippen molar-refractivity contribution in [1.29, 1.82) is 0 Å². The van der Waals surface area contributed by atoms with Gasteiger partial charge >= 0.3 is 12.0 Å². The lowest BCUT2D eigenvalue weighted by Gasteiger charge is -2.27. The molecule has 0 aromatic rings. The smallest absolute Gasteiger partial charge is 0.317 e. The number of nitrogens with one attached hydrogen (secondary N) is 1. The van der Waals surface area contributed by atoms with Gasteiger partial charge in [0.2, 0.25) is 0 Å². The van der Waals surface area contributed by atoms with Gasteiger partial charge in [-0.3, -0.25) is 4.79 Å². The van der Waals surface area contributed by atoms with Gasteiger partial charge in [0.05, 0.1) is 19.3 Å². The molecule has 0 bridgehead atoms. The molecule has 1 saturated heterocycles. The van der Waals surface area contributed by atoms with Crippen LogP contribution in [-0.2, 0) is 9.53 Å². The molecule has 0 spiro atoms. The van der Waals surface area contributed by atoms with Gasteiger partial charge in [0, 0.05) is 13.6 Å². The largest absolute Gasteiger partial charge is 0.481 e. The van der Waals surface area contributed by atoms with Crippen molar-refractivity contribution in [3.05, 3.63) is 0 Å². The topological polar surface area (TPSA) is 78.9 Å². The third kappa shape index (κ3) is 2.27. The Hall–Kier alpha value is -1.30. The van der Waals surface area contributed by atoms with Crippen molar-refractivity contribution in [3.63, 3.8) is 0 Å². The van der Waals surface area contributed by atoms with Crippen LogP contribution >= 0.6 is 0 Å². The second-order valence-corrected chi connectivity index (χ2v) is 4.25. The van der Waals surface area contributed by atoms with E-state index in [1.54, 1.807) is 14.0 Å². The number of amides is 2. The number of urea groups is 1. The summed E-state index contributed by atoms with van der Waals surface area (Å²) in [4.78, 5) is 24.2. The van der Waals surface area contributed by atoms with Gasteiger partial charge in [-0.2, -0.15) is 0 Å². The lowest BCUT2D eigenvalue weighted by atomic mass is 9.85. The number of carboxylic acids is 1. The molecule has 0 saturated carbocycles. The van der Waals surface area contributed by atoms with Gasteiger partial charge in [-0.05, 0) is 13.8 Å². The van der Waals surface area contributed by atoms with E-state index in [1.165, 1.54) is 4.90 Å². The lowest BCUT2D eigenvalue weighted by Crippen LogP contribution is -2.52. The Balaban J connectivity index is 2.67. The highest BCUT2D eigenvalue weighted by Gasteiger charge is 2.47. The Labute approximate surface area is 94.6 Å². The summed E-state index contributed by atoms with van der Waals surface area (Å²) >= 11 is 0. The summed E-state index contributed by atoms with van der Waals surface area (Å²) < 4.78 is 5.13. The van der Waals surface area contributed by atoms with Crippen LogP contribution in [0.15, 0.2) is 0 Å². The lowest BCUT2D eigenvalue weighted by molar-refractivity contribution is -0.148. The van der Waals surface area contributed by atoms with Crippen LogP contribution < -0.4 is 5.32 Å². The van der Waals surface area contributed by atoms with E-state index < -0.39 is 17.4 Å². The summed E-state index contributed by atoms with van der Waals surface area (Å²) in [5.41, 5.74) is -1.04. The van der Waals surface area contributed by atoms with Crippen molar-refractivity contribution in [3.8, 4) is 0 Å². The minimum Gasteiger partial charge on any atom is -0.481 e. The van der Waals surface area contributed by atoms with Crippen LogP contribution in [0.2, 0.25) is 0 Å². The van der Waals surface area contributed by atoms with Crippen molar-refractivity contribution in [2.75, 3.05) is 26.8 Å². The molecule has 1 rings (SSSR count). The second-order valence-electron chi connectivity index (χ2n) is 4.25. The Bertz CT molecular complexity index is 295. The van der Waals surface area contributed by atoms with Crippen LogP contribution in [0.4, 0.5) is 4.79 Å². The SMILES string of the molecule is CCN(C)C(=O)NC1COCC1(C)C(=O)O. The van der Waals surface area contributed by atoms with Crippen LogP contribution in [-0.4, -0.2) is 54.9 Å². The van der Waals surface area contributed by atoms with E-state index in [4.69, 9.17) is 9.84 Å². The average molecular weight is 230 g/mol. The molecule has 0 aliphatic carbocycles. The van der Waals surface area contributed by atoms with Crippen molar-refractivity contribution in [2.45, 2.75) is 19.9 Å². The fraction of sp³-hybridized carbons (Fsp3) is 0.800. The van der Waals surface area contributed by atoms with Gasteiger partial charge in [-0.1, -0.05) is 0 Å². The number of carbonyl (C=O) groups excluding carboxylic acids is 1. The van der Waals surface area contributed by atoms with Gasteiger partial charge in [0.15, 0.2) is 0 Å². The number of nitrogens with zero attached hydrogens (tertiary/aromatic N) is 1. The third-order valence-corrected chi connectivity index (χ3v) is 3.06. The highest BCUT2D eigenvalue weighted by Crippen LogP contribution is 2.28. The molecule has 0 aromatic heterocycles. The minimum absolute atomic E-state index is 0.128. The van der Waals surface area contributed by atoms with E-state index >= 15 is 0 Å². The van der Waals surface area contributed by atoms with Gasteiger partial charge in [-0.15, -0.1) is 0 Å². The van der Waals surface area contributed by atoms with Crippen LogP contribution in [0, 0.1) is 5.41 Å². The van der Waals surface area contributed by atoms with E-state index in [0.717, 1.165) is 0 Å². The molecule has 2 unspecified atom stereocenters. The van der Waals surface area contributed by atoms with E-state index in [1.807, 2.05) is 6.92 Å². The van der Waals surface area contributed by atoms with Crippen LogP contribution in [0.3, 0.4) is 0 Å². The summed E-state index contributed by atoms with van der Waals surface area (Å²) in [6.07, 6.45) is 0. The van der Waals surface area contributed by atoms with Crippen molar-refractivity contribution in [1.82, 2.24) is 10.2 Å². The quantitative estimate of drug-likeness (QED) is 0.722. The van der Waals surface area contributed by atoms with Crippen molar-refractivity contribution < 1.29 is 19.4 Å². The molecule has 2 amide bonds. The fourth-order valence-electron chi connectivity index (χ4n) is 1.49. The second kappa shape index (κ2) is 4.69. The maximum absolute atomic E-state index is 11.6. The number of aliphatic carboxylic acids is 1. The van der Waals surface area contributed by atoms with Crippen molar-refractivity contribution in [2.24, 2.45) is 5.41 Å². The maximum atomic E-state index is 11.6. The molecule has 2 N–H and O–H groups in total. The molecule has 1 fully saturated rings. The number of carbonyl (C=O) groups is 2. The average Bonchev–Trinajstić information content (AvgIpc) is 2.60. The van der Waals surface area contributed by atoms with Gasteiger partial charge < -0.3 is 20.1 Å². The minimum atomic E-state index is -1.04. The first-order chi connectivity index (χ1) is 7.41. The Morgan fingerprint density at radius 3 is 2.75 bits per heavy atom. The zero-order chi connectivity index (χ0) is 12.3. The molecule has 0 radical (unpaired) electrons. The van der Waals surface area contributed by atoms with Crippen LogP contribution in [0.5, 0.6) is 0 Å². The first-order valence-corrected chi connectivity index (χ1v) is 5.24. The van der Waals surface area contributed by atoms with Gasteiger partial charge in [0.25, 0.3) is 0 Å². The number of ether oxygens (including phenoxy) is 1. The highest BCUT2D eigenvalue weighted by atomic mass is 16.5. The Kier molecular flexibility index (Phi) is 3.74. The normalized spacial score (nSPS) is 28.8. The number of hydrogen-bond donors (Lipinski definition) is 2. The Morgan fingerprint density at radius 1 is 1.62 bits per heavy atom. The molecule has 1 heterocycles. The molecule has 0 aromatic carbocycles. The molecule has 2 atom stereocenters. The fourth-order valence-corrected chi connectivity index (χ4v) is 1.49. The first kappa shape index (κ1) is 12.8. The van der Waals surface area contributed by atoms with E-state index in [2.05, 4.69) is 5.32 Å². The highest BCUT2D eigenvalue weighted by molar-refractivity contribution is 5.79. The summed E-state index contributed by atoms with van der Waals surface area (Å²) in [7, 11) is 1.66. The molecular formula is C10H18N2O4. The third-order valence-electron chi connectivity index (χ3n) is 3.06. The summed E-state index contributed by atoms with van der Waals surface area (Å²) in [6.45, 7) is 4.37. The summed E-state index contributed by atoms with van der Waals surface area (Å²) in [5, 5.41) is 11.8. The predicted octanol–water partition coefficient (Wildman–Crippen LogP) is 0.137. The maximum Gasteiger partial charge on any atom is 0.317 e. The molecule has 1 aliphatic heterocycles. The summed E-state index contributed by atoms with van der Waals surface area (Å²) in [5.74, 6) is -0.950. The monoisotopic (exact) mass is 230 g/mol. The van der Waals surface area contributed by atoms with Crippen molar-refractivity contribution >= 4 is 12.0 Å². The molecule has 16 heavy (non-hydrogen) atoms. The van der Waals surface area contributed by atoms with Gasteiger partial charge in [-0.25, -0.2) is 4.79 Å². The summed E-state index contributed by atoms with van der Waals surface area (Å²) in [6, 6.07) is -0.753. The molecule has 92 valence electrons. The standard InChI is InChI=1S/C10H18N2O4/c1-4-12(3)9(15)11-7-5-16-6-10(7,2)8(13)14/h7H,4-6H2,1-3H3,(H,11,15)(H,13,14).